The number of hydrogen-bond donors (Lipinski definition) is 0. The van der Waals surface area contributed by atoms with Crippen molar-refractivity contribution in [1.29, 1.82) is 0 Å². The first-order valence-corrected chi connectivity index (χ1v) is 10.0. The maximum atomic E-state index is 12.9. The highest BCUT2D eigenvalue weighted by atomic mass is 16.5. The zero-order valence-electron chi connectivity index (χ0n) is 16.7. The molecule has 2 aliphatic rings. The van der Waals surface area contributed by atoms with Crippen LogP contribution < -0.4 is 14.4 Å². The van der Waals surface area contributed by atoms with Crippen LogP contribution in [0, 0.1) is 0 Å². The van der Waals surface area contributed by atoms with E-state index in [1.165, 1.54) is 24.1 Å². The Balaban J connectivity index is 1.42. The van der Waals surface area contributed by atoms with Crippen molar-refractivity contribution in [1.82, 2.24) is 4.90 Å². The summed E-state index contributed by atoms with van der Waals surface area (Å²) in [6, 6.07) is 12.5. The lowest BCUT2D eigenvalue weighted by Gasteiger charge is -2.30. The molecule has 1 saturated heterocycles. The van der Waals surface area contributed by atoms with Gasteiger partial charge in [-0.05, 0) is 60.2 Å². The van der Waals surface area contributed by atoms with Gasteiger partial charge in [-0.3, -0.25) is 4.79 Å². The van der Waals surface area contributed by atoms with Crippen LogP contribution in [0.25, 0.3) is 0 Å². The molecule has 148 valence electrons. The molecule has 2 heterocycles. The molecule has 5 nitrogen and oxygen atoms in total. The summed E-state index contributed by atoms with van der Waals surface area (Å²) < 4.78 is 10.8. The number of carbonyl (C=O) groups is 1. The number of nitrogens with zero attached hydrogens (tertiary/aromatic N) is 2. The Hall–Kier alpha value is -2.69. The van der Waals surface area contributed by atoms with Gasteiger partial charge in [-0.1, -0.05) is 12.1 Å². The van der Waals surface area contributed by atoms with E-state index in [2.05, 4.69) is 29.2 Å². The van der Waals surface area contributed by atoms with Gasteiger partial charge in [0.15, 0.2) is 11.5 Å². The zero-order chi connectivity index (χ0) is 19.5. The number of anilines is 1. The molecule has 0 bridgehead atoms. The van der Waals surface area contributed by atoms with Crippen LogP contribution in [0.5, 0.6) is 11.5 Å². The first kappa shape index (κ1) is 18.7. The van der Waals surface area contributed by atoms with Crippen LogP contribution in [-0.4, -0.2) is 44.7 Å². The largest absolute Gasteiger partial charge is 0.493 e. The minimum Gasteiger partial charge on any atom is -0.493 e. The van der Waals surface area contributed by atoms with Crippen molar-refractivity contribution in [3.63, 3.8) is 0 Å². The Morgan fingerprint density at radius 2 is 1.57 bits per heavy atom. The topological polar surface area (TPSA) is 42.0 Å². The van der Waals surface area contributed by atoms with Crippen LogP contribution in [0.4, 0.5) is 5.69 Å². The van der Waals surface area contributed by atoms with Gasteiger partial charge in [0.2, 0.25) is 5.91 Å². The minimum absolute atomic E-state index is 0.175. The third-order valence-corrected chi connectivity index (χ3v) is 5.83. The average molecular weight is 380 g/mol. The van der Waals surface area contributed by atoms with Gasteiger partial charge in [-0.25, -0.2) is 0 Å². The quantitative estimate of drug-likeness (QED) is 0.797. The van der Waals surface area contributed by atoms with Gasteiger partial charge >= 0.3 is 0 Å². The lowest BCUT2D eigenvalue weighted by Crippen LogP contribution is -2.37. The molecule has 0 radical (unpaired) electrons. The molecule has 2 aliphatic heterocycles. The van der Waals surface area contributed by atoms with E-state index >= 15 is 0 Å². The molecule has 4 rings (SSSR count). The second-order valence-corrected chi connectivity index (χ2v) is 7.58. The molecule has 0 aromatic heterocycles. The maximum absolute atomic E-state index is 12.9. The molecule has 0 unspecified atom stereocenters. The average Bonchev–Trinajstić information content (AvgIpc) is 3.27. The van der Waals surface area contributed by atoms with Gasteiger partial charge < -0.3 is 19.3 Å². The summed E-state index contributed by atoms with van der Waals surface area (Å²) >= 11 is 0. The molecule has 1 amide bonds. The van der Waals surface area contributed by atoms with Gasteiger partial charge in [0.1, 0.15) is 0 Å². The summed E-state index contributed by atoms with van der Waals surface area (Å²) in [6.45, 7) is 3.65. The second-order valence-electron chi connectivity index (χ2n) is 7.58. The molecule has 0 saturated carbocycles. The molecule has 0 atom stereocenters. The fraction of sp³-hybridized carbons (Fsp3) is 0.435. The Labute approximate surface area is 166 Å². The van der Waals surface area contributed by atoms with E-state index in [1.807, 2.05) is 17.0 Å². The van der Waals surface area contributed by atoms with Crippen LogP contribution in [0.15, 0.2) is 36.4 Å². The highest BCUT2D eigenvalue weighted by molar-refractivity contribution is 5.79. The summed E-state index contributed by atoms with van der Waals surface area (Å²) in [5.41, 5.74) is 4.71. The highest BCUT2D eigenvalue weighted by Crippen LogP contribution is 2.33. The molecule has 2 aromatic rings. The molecule has 28 heavy (non-hydrogen) atoms. The number of benzene rings is 2. The highest BCUT2D eigenvalue weighted by Gasteiger charge is 2.23. The van der Waals surface area contributed by atoms with E-state index < -0.39 is 0 Å². The lowest BCUT2D eigenvalue weighted by atomic mass is 9.98. The van der Waals surface area contributed by atoms with Crippen LogP contribution >= 0.6 is 0 Å². The lowest BCUT2D eigenvalue weighted by molar-refractivity contribution is -0.131. The number of ether oxygens (including phenoxy) is 2. The Bertz CT molecular complexity index is 842. The first-order chi connectivity index (χ1) is 13.7. The van der Waals surface area contributed by atoms with Crippen molar-refractivity contribution in [2.75, 3.05) is 38.8 Å². The Morgan fingerprint density at radius 3 is 2.21 bits per heavy atom. The molecule has 2 aromatic carbocycles. The molecule has 1 fully saturated rings. The number of rotatable bonds is 5. The minimum atomic E-state index is 0.175. The first-order valence-electron chi connectivity index (χ1n) is 10.0. The van der Waals surface area contributed by atoms with Gasteiger partial charge in [0.25, 0.3) is 0 Å². The summed E-state index contributed by atoms with van der Waals surface area (Å²) in [5, 5.41) is 0. The fourth-order valence-corrected chi connectivity index (χ4v) is 4.18. The number of hydrogen-bond acceptors (Lipinski definition) is 4. The summed E-state index contributed by atoms with van der Waals surface area (Å²) in [4.78, 5) is 17.2. The summed E-state index contributed by atoms with van der Waals surface area (Å²) in [5.74, 6) is 1.64. The Kier molecular flexibility index (Phi) is 5.42. The van der Waals surface area contributed by atoms with Gasteiger partial charge in [0.05, 0.1) is 20.6 Å². The number of fused-ring (bicyclic) bond motifs is 1. The van der Waals surface area contributed by atoms with E-state index in [9.17, 15) is 4.79 Å². The molecule has 5 heteroatoms. The predicted octanol–water partition coefficient (Wildman–Crippen LogP) is 3.43. The van der Waals surface area contributed by atoms with Crippen molar-refractivity contribution < 1.29 is 14.3 Å². The third kappa shape index (κ3) is 3.79. The second kappa shape index (κ2) is 8.13. The standard InChI is InChI=1S/C23H28N2O3/c1-27-21-14-18-9-12-25(16-19(18)15-22(21)28-2)23(26)13-17-5-7-20(8-6-17)24-10-3-4-11-24/h5-8,14-15H,3-4,9-13,16H2,1-2H3. The van der Waals surface area contributed by atoms with E-state index in [0.29, 0.717) is 18.7 Å². The van der Waals surface area contributed by atoms with Crippen LogP contribution in [0.2, 0.25) is 0 Å². The van der Waals surface area contributed by atoms with Crippen LogP contribution in [-0.2, 0) is 24.2 Å². The molecule has 0 N–H and O–H groups in total. The molecule has 0 spiro atoms. The SMILES string of the molecule is COc1cc2c(cc1OC)CN(C(=O)Cc1ccc(N3CCCC3)cc1)CC2. The monoisotopic (exact) mass is 380 g/mol. The number of methoxy groups -OCH3 is 2. The van der Waals surface area contributed by atoms with E-state index in [-0.39, 0.29) is 5.91 Å². The number of carbonyl (C=O) groups excluding carboxylic acids is 1. The summed E-state index contributed by atoms with van der Waals surface area (Å²) in [7, 11) is 3.29. The van der Waals surface area contributed by atoms with Crippen LogP contribution in [0.3, 0.4) is 0 Å². The smallest absolute Gasteiger partial charge is 0.227 e. The maximum Gasteiger partial charge on any atom is 0.227 e. The molecule has 0 aliphatic carbocycles. The molecular formula is C23H28N2O3. The number of amides is 1. The van der Waals surface area contributed by atoms with Gasteiger partial charge in [-0.15, -0.1) is 0 Å². The van der Waals surface area contributed by atoms with Gasteiger partial charge in [0, 0.05) is 31.9 Å². The normalized spacial score (nSPS) is 16.1. The summed E-state index contributed by atoms with van der Waals surface area (Å²) in [6.07, 6.45) is 3.83. The van der Waals surface area contributed by atoms with E-state index in [4.69, 9.17) is 9.47 Å². The van der Waals surface area contributed by atoms with Crippen molar-refractivity contribution in [3.8, 4) is 11.5 Å². The van der Waals surface area contributed by atoms with Crippen molar-refractivity contribution >= 4 is 11.6 Å². The van der Waals surface area contributed by atoms with Gasteiger partial charge in [-0.2, -0.15) is 0 Å². The third-order valence-electron chi connectivity index (χ3n) is 5.83. The van der Waals surface area contributed by atoms with Crippen LogP contribution in [0.1, 0.15) is 29.5 Å². The zero-order valence-corrected chi connectivity index (χ0v) is 16.7. The Morgan fingerprint density at radius 1 is 0.929 bits per heavy atom. The van der Waals surface area contributed by atoms with Crippen molar-refractivity contribution in [2.45, 2.75) is 32.2 Å². The van der Waals surface area contributed by atoms with Crippen molar-refractivity contribution in [2.24, 2.45) is 0 Å². The van der Waals surface area contributed by atoms with E-state index in [0.717, 1.165) is 42.9 Å². The molecular weight excluding hydrogens is 352 g/mol. The predicted molar refractivity (Wildman–Crippen MR) is 110 cm³/mol. The fourth-order valence-electron chi connectivity index (χ4n) is 4.18. The van der Waals surface area contributed by atoms with E-state index in [1.54, 1.807) is 14.2 Å². The van der Waals surface area contributed by atoms with Crippen molar-refractivity contribution in [3.05, 3.63) is 53.1 Å².